The third-order valence-electron chi connectivity index (χ3n) is 2.75. The van der Waals surface area contributed by atoms with Gasteiger partial charge in [0, 0.05) is 17.8 Å². The standard InChI is InChI=1S/C13H10N2O5S/c16-9-14-10-1-5-12(6-2-10)21(19,20)13-7-3-11(4-8-13)15(17)18/h1-9H,(H,14,16). The first kappa shape index (κ1) is 14.7. The van der Waals surface area contributed by atoms with E-state index in [1.165, 1.54) is 36.4 Å². The van der Waals surface area contributed by atoms with Gasteiger partial charge in [-0.2, -0.15) is 0 Å². The first-order chi connectivity index (χ1) is 9.95. The second-order valence-electron chi connectivity index (χ2n) is 4.04. The molecule has 0 saturated carbocycles. The molecule has 0 aliphatic carbocycles. The Labute approximate surface area is 120 Å². The summed E-state index contributed by atoms with van der Waals surface area (Å²) in [6.45, 7) is 0. The maximum absolute atomic E-state index is 12.3. The number of hydrogen-bond acceptors (Lipinski definition) is 5. The summed E-state index contributed by atoms with van der Waals surface area (Å²) >= 11 is 0. The van der Waals surface area contributed by atoms with Crippen LogP contribution in [0.1, 0.15) is 0 Å². The molecule has 0 radical (unpaired) electrons. The molecule has 0 aromatic heterocycles. The Morgan fingerprint density at radius 1 is 0.952 bits per heavy atom. The minimum absolute atomic E-state index is 0.0350. The second kappa shape index (κ2) is 5.71. The zero-order valence-corrected chi connectivity index (χ0v) is 11.4. The molecule has 7 nitrogen and oxygen atoms in total. The molecule has 1 N–H and O–H groups in total. The average molecular weight is 306 g/mol. The van der Waals surface area contributed by atoms with Crippen LogP contribution in [0.4, 0.5) is 11.4 Å². The summed E-state index contributed by atoms with van der Waals surface area (Å²) in [7, 11) is -3.75. The molecule has 0 spiro atoms. The van der Waals surface area contributed by atoms with Gasteiger partial charge in [-0.05, 0) is 36.4 Å². The van der Waals surface area contributed by atoms with E-state index in [4.69, 9.17) is 0 Å². The molecule has 2 rings (SSSR count). The number of nitro groups is 1. The first-order valence-electron chi connectivity index (χ1n) is 5.75. The van der Waals surface area contributed by atoms with Crippen LogP contribution in [-0.4, -0.2) is 19.8 Å². The summed E-state index contributed by atoms with van der Waals surface area (Å²) in [6, 6.07) is 10.2. The predicted octanol–water partition coefficient (Wildman–Crippen LogP) is 2.00. The maximum Gasteiger partial charge on any atom is 0.269 e. The number of non-ortho nitro benzene ring substituents is 1. The van der Waals surface area contributed by atoms with E-state index in [0.29, 0.717) is 12.1 Å². The summed E-state index contributed by atoms with van der Waals surface area (Å²) in [6.07, 6.45) is 0.486. The van der Waals surface area contributed by atoms with Gasteiger partial charge < -0.3 is 5.32 Å². The number of rotatable bonds is 5. The van der Waals surface area contributed by atoms with Crippen LogP contribution in [0.25, 0.3) is 0 Å². The second-order valence-corrected chi connectivity index (χ2v) is 5.99. The monoisotopic (exact) mass is 306 g/mol. The topological polar surface area (TPSA) is 106 Å². The number of nitrogens with one attached hydrogen (secondary N) is 1. The van der Waals surface area contributed by atoms with Gasteiger partial charge in [-0.25, -0.2) is 8.42 Å². The highest BCUT2D eigenvalue weighted by atomic mass is 32.2. The van der Waals surface area contributed by atoms with Crippen molar-refractivity contribution < 1.29 is 18.1 Å². The van der Waals surface area contributed by atoms with Crippen molar-refractivity contribution in [3.05, 3.63) is 58.6 Å². The van der Waals surface area contributed by atoms with Crippen molar-refractivity contribution in [1.29, 1.82) is 0 Å². The van der Waals surface area contributed by atoms with Crippen molar-refractivity contribution in [3.63, 3.8) is 0 Å². The van der Waals surface area contributed by atoms with E-state index in [2.05, 4.69) is 5.32 Å². The van der Waals surface area contributed by atoms with Gasteiger partial charge in [0.2, 0.25) is 16.2 Å². The third kappa shape index (κ3) is 3.06. The molecule has 0 fully saturated rings. The van der Waals surface area contributed by atoms with Gasteiger partial charge in [0.05, 0.1) is 14.7 Å². The van der Waals surface area contributed by atoms with Gasteiger partial charge in [0.1, 0.15) is 0 Å². The molecule has 0 saturated heterocycles. The molecule has 21 heavy (non-hydrogen) atoms. The number of amides is 1. The van der Waals surface area contributed by atoms with Gasteiger partial charge in [-0.3, -0.25) is 14.9 Å². The molecule has 2 aromatic carbocycles. The van der Waals surface area contributed by atoms with Gasteiger partial charge >= 0.3 is 0 Å². The minimum Gasteiger partial charge on any atom is -0.329 e. The van der Waals surface area contributed by atoms with Gasteiger partial charge in [0.15, 0.2) is 0 Å². The molecule has 0 aliphatic rings. The molecule has 1 amide bonds. The zero-order valence-electron chi connectivity index (χ0n) is 10.6. The van der Waals surface area contributed by atoms with Gasteiger partial charge in [0.25, 0.3) is 5.69 Å². The number of carbonyl (C=O) groups excluding carboxylic acids is 1. The molecule has 0 unspecified atom stereocenters. The van der Waals surface area contributed by atoms with Crippen molar-refractivity contribution in [2.24, 2.45) is 0 Å². The van der Waals surface area contributed by atoms with Crippen LogP contribution in [0.15, 0.2) is 58.3 Å². The average Bonchev–Trinajstić information content (AvgIpc) is 2.48. The number of benzene rings is 2. The predicted molar refractivity (Wildman–Crippen MR) is 74.7 cm³/mol. The van der Waals surface area contributed by atoms with Crippen molar-refractivity contribution in [1.82, 2.24) is 0 Å². The van der Waals surface area contributed by atoms with E-state index in [9.17, 15) is 23.3 Å². The number of nitro benzene ring substituents is 1. The fraction of sp³-hybridized carbons (Fsp3) is 0. The first-order valence-corrected chi connectivity index (χ1v) is 7.23. The van der Waals surface area contributed by atoms with E-state index in [1.807, 2.05) is 0 Å². The minimum atomic E-state index is -3.75. The summed E-state index contributed by atoms with van der Waals surface area (Å²) in [5, 5.41) is 12.9. The Kier molecular flexibility index (Phi) is 3.99. The Balaban J connectivity index is 2.36. The Morgan fingerprint density at radius 3 is 1.86 bits per heavy atom. The highest BCUT2D eigenvalue weighted by Crippen LogP contribution is 2.24. The number of anilines is 1. The number of nitrogens with zero attached hydrogens (tertiary/aromatic N) is 1. The largest absolute Gasteiger partial charge is 0.329 e. The summed E-state index contributed by atoms with van der Waals surface area (Å²) in [5.41, 5.74) is 0.284. The SMILES string of the molecule is O=CNc1ccc(S(=O)(=O)c2ccc([N+](=O)[O-])cc2)cc1. The van der Waals surface area contributed by atoms with Crippen molar-refractivity contribution in [2.75, 3.05) is 5.32 Å². The van der Waals surface area contributed by atoms with E-state index < -0.39 is 14.8 Å². The molecular formula is C13H10N2O5S. The lowest BCUT2D eigenvalue weighted by Crippen LogP contribution is -2.02. The molecule has 0 atom stereocenters. The van der Waals surface area contributed by atoms with Crippen LogP contribution >= 0.6 is 0 Å². The lowest BCUT2D eigenvalue weighted by molar-refractivity contribution is -0.384. The van der Waals surface area contributed by atoms with Crippen LogP contribution in [-0.2, 0) is 14.6 Å². The number of hydrogen-bond donors (Lipinski definition) is 1. The lowest BCUT2D eigenvalue weighted by atomic mass is 10.3. The van der Waals surface area contributed by atoms with E-state index >= 15 is 0 Å². The molecule has 2 aromatic rings. The highest BCUT2D eigenvalue weighted by molar-refractivity contribution is 7.91. The molecule has 108 valence electrons. The highest BCUT2D eigenvalue weighted by Gasteiger charge is 2.18. The zero-order chi connectivity index (χ0) is 15.5. The Morgan fingerprint density at radius 2 is 1.43 bits per heavy atom. The van der Waals surface area contributed by atoms with Crippen LogP contribution < -0.4 is 5.32 Å². The Bertz CT molecular complexity index is 767. The molecule has 0 aliphatic heterocycles. The van der Waals surface area contributed by atoms with Crippen LogP contribution in [0.2, 0.25) is 0 Å². The number of sulfone groups is 1. The van der Waals surface area contributed by atoms with Crippen LogP contribution in [0, 0.1) is 10.1 Å². The normalized spacial score (nSPS) is 10.9. The lowest BCUT2D eigenvalue weighted by Gasteiger charge is -2.05. The van der Waals surface area contributed by atoms with Crippen molar-refractivity contribution in [3.8, 4) is 0 Å². The smallest absolute Gasteiger partial charge is 0.269 e. The van der Waals surface area contributed by atoms with Crippen molar-refractivity contribution >= 4 is 27.6 Å². The quantitative estimate of drug-likeness (QED) is 0.516. The molecule has 0 bridgehead atoms. The van der Waals surface area contributed by atoms with Crippen LogP contribution in [0.3, 0.4) is 0 Å². The number of carbonyl (C=O) groups is 1. The summed E-state index contributed by atoms with van der Waals surface area (Å²) in [5.74, 6) is 0. The van der Waals surface area contributed by atoms with Crippen LogP contribution in [0.5, 0.6) is 0 Å². The van der Waals surface area contributed by atoms with Crippen molar-refractivity contribution in [2.45, 2.75) is 9.79 Å². The third-order valence-corrected chi connectivity index (χ3v) is 4.53. The summed E-state index contributed by atoms with van der Waals surface area (Å²) in [4.78, 5) is 20.2. The molecule has 0 heterocycles. The fourth-order valence-corrected chi connectivity index (χ4v) is 2.94. The van der Waals surface area contributed by atoms with Gasteiger partial charge in [-0.15, -0.1) is 0 Å². The molecule has 8 heteroatoms. The Hall–Kier alpha value is -2.74. The maximum atomic E-state index is 12.3. The summed E-state index contributed by atoms with van der Waals surface area (Å²) < 4.78 is 24.6. The van der Waals surface area contributed by atoms with E-state index in [-0.39, 0.29) is 15.5 Å². The van der Waals surface area contributed by atoms with Gasteiger partial charge in [-0.1, -0.05) is 0 Å². The molecular weight excluding hydrogens is 296 g/mol. The van der Waals surface area contributed by atoms with E-state index in [0.717, 1.165) is 12.1 Å². The van der Waals surface area contributed by atoms with E-state index in [1.54, 1.807) is 0 Å². The fourth-order valence-electron chi connectivity index (χ4n) is 1.68.